The van der Waals surface area contributed by atoms with Crippen LogP contribution in [0.5, 0.6) is 0 Å². The Morgan fingerprint density at radius 1 is 1.10 bits per heavy atom. The molecule has 2 rings (SSSR count). The van der Waals surface area contributed by atoms with Gasteiger partial charge in [-0.05, 0) is 24.7 Å². The summed E-state index contributed by atoms with van der Waals surface area (Å²) in [6.07, 6.45) is 8.72. The average molecular weight is 281 g/mol. The molecule has 0 saturated heterocycles. The summed E-state index contributed by atoms with van der Waals surface area (Å²) >= 11 is 0. The molecule has 2 atom stereocenters. The van der Waals surface area contributed by atoms with Gasteiger partial charge in [0, 0.05) is 12.6 Å². The van der Waals surface area contributed by atoms with E-state index in [-0.39, 0.29) is 18.5 Å². The van der Waals surface area contributed by atoms with Crippen LogP contribution in [0, 0.1) is 11.8 Å². The number of hydrogen-bond acceptors (Lipinski definition) is 2. The molecule has 3 amide bonds. The van der Waals surface area contributed by atoms with Crippen LogP contribution in [0.25, 0.3) is 0 Å². The fourth-order valence-corrected chi connectivity index (χ4v) is 3.17. The number of hydrogen-bond donors (Lipinski definition) is 3. The third-order valence-corrected chi connectivity index (χ3v) is 4.39. The van der Waals surface area contributed by atoms with Crippen molar-refractivity contribution in [3.63, 3.8) is 0 Å². The fraction of sp³-hybridized carbons (Fsp3) is 0.867. The molecule has 5 heteroatoms. The first-order chi connectivity index (χ1) is 9.70. The zero-order chi connectivity index (χ0) is 14.4. The first kappa shape index (κ1) is 15.1. The summed E-state index contributed by atoms with van der Waals surface area (Å²) in [4.78, 5) is 23.1. The minimum Gasteiger partial charge on any atom is -0.355 e. The Balaban J connectivity index is 1.58. The standard InChI is InChI=1S/C15H27N3O2/c1-2-8-16-14(19)10-17-15(20)18-13-9-12(13)11-6-4-3-5-7-11/h11-13H,2-10H2,1H3,(H,16,19)(H2,17,18,20)/t12-,13-/m1/s1. The number of carbonyl (C=O) groups is 2. The second kappa shape index (κ2) is 7.50. The summed E-state index contributed by atoms with van der Waals surface area (Å²) in [5.41, 5.74) is 0. The first-order valence-electron chi connectivity index (χ1n) is 8.01. The highest BCUT2D eigenvalue weighted by Gasteiger charge is 2.43. The van der Waals surface area contributed by atoms with Crippen LogP contribution in [-0.2, 0) is 4.79 Å². The van der Waals surface area contributed by atoms with Crippen LogP contribution in [0.2, 0.25) is 0 Å². The summed E-state index contributed by atoms with van der Waals surface area (Å²) in [6.45, 7) is 2.72. The van der Waals surface area contributed by atoms with Gasteiger partial charge in [0.15, 0.2) is 0 Å². The molecular formula is C15H27N3O2. The van der Waals surface area contributed by atoms with Crippen molar-refractivity contribution >= 4 is 11.9 Å². The van der Waals surface area contributed by atoms with E-state index in [1.165, 1.54) is 32.1 Å². The van der Waals surface area contributed by atoms with Gasteiger partial charge in [0.1, 0.15) is 0 Å². The lowest BCUT2D eigenvalue weighted by Crippen LogP contribution is -2.43. The van der Waals surface area contributed by atoms with Crippen LogP contribution in [0.1, 0.15) is 51.9 Å². The molecule has 0 aromatic heterocycles. The Hall–Kier alpha value is -1.26. The lowest BCUT2D eigenvalue weighted by molar-refractivity contribution is -0.120. The van der Waals surface area contributed by atoms with Crippen LogP contribution >= 0.6 is 0 Å². The quantitative estimate of drug-likeness (QED) is 0.694. The van der Waals surface area contributed by atoms with Gasteiger partial charge in [-0.15, -0.1) is 0 Å². The maximum absolute atomic E-state index is 11.7. The van der Waals surface area contributed by atoms with E-state index in [4.69, 9.17) is 0 Å². The van der Waals surface area contributed by atoms with Gasteiger partial charge in [-0.25, -0.2) is 4.79 Å². The van der Waals surface area contributed by atoms with Crippen molar-refractivity contribution in [1.82, 2.24) is 16.0 Å². The monoisotopic (exact) mass is 281 g/mol. The molecule has 0 radical (unpaired) electrons. The van der Waals surface area contributed by atoms with Crippen molar-refractivity contribution in [3.05, 3.63) is 0 Å². The minimum atomic E-state index is -0.208. The molecule has 0 aromatic rings. The highest BCUT2D eigenvalue weighted by molar-refractivity contribution is 5.84. The second-order valence-electron chi connectivity index (χ2n) is 6.08. The van der Waals surface area contributed by atoms with Crippen LogP contribution in [0.3, 0.4) is 0 Å². The lowest BCUT2D eigenvalue weighted by atomic mass is 9.85. The molecule has 2 saturated carbocycles. The predicted octanol–water partition coefficient (Wildman–Crippen LogP) is 1.78. The molecule has 0 aliphatic heterocycles. The van der Waals surface area contributed by atoms with Crippen molar-refractivity contribution in [1.29, 1.82) is 0 Å². The van der Waals surface area contributed by atoms with Crippen molar-refractivity contribution in [2.75, 3.05) is 13.1 Å². The van der Waals surface area contributed by atoms with Gasteiger partial charge in [0.2, 0.25) is 5.91 Å². The van der Waals surface area contributed by atoms with Crippen LogP contribution < -0.4 is 16.0 Å². The highest BCUT2D eigenvalue weighted by atomic mass is 16.2. The van der Waals surface area contributed by atoms with E-state index in [2.05, 4.69) is 16.0 Å². The van der Waals surface area contributed by atoms with E-state index in [0.29, 0.717) is 18.5 Å². The molecule has 0 unspecified atom stereocenters. The van der Waals surface area contributed by atoms with Crippen LogP contribution in [0.15, 0.2) is 0 Å². The third-order valence-electron chi connectivity index (χ3n) is 4.39. The SMILES string of the molecule is CCCNC(=O)CNC(=O)N[C@@H]1C[C@@H]1C1CCCCC1. The molecule has 3 N–H and O–H groups in total. The summed E-state index contributed by atoms with van der Waals surface area (Å²) in [5.74, 6) is 1.36. The van der Waals surface area contributed by atoms with Crippen molar-refractivity contribution < 1.29 is 9.59 Å². The Bertz CT molecular complexity index is 340. The van der Waals surface area contributed by atoms with E-state index in [0.717, 1.165) is 18.8 Å². The average Bonchev–Trinajstić information content (AvgIpc) is 3.23. The molecule has 2 aliphatic carbocycles. The smallest absolute Gasteiger partial charge is 0.315 e. The Morgan fingerprint density at radius 3 is 2.55 bits per heavy atom. The predicted molar refractivity (Wildman–Crippen MR) is 78.3 cm³/mol. The Morgan fingerprint density at radius 2 is 1.85 bits per heavy atom. The molecule has 2 fully saturated rings. The zero-order valence-corrected chi connectivity index (χ0v) is 12.4. The van der Waals surface area contributed by atoms with Gasteiger partial charge >= 0.3 is 6.03 Å². The minimum absolute atomic E-state index is 0.0622. The van der Waals surface area contributed by atoms with E-state index in [9.17, 15) is 9.59 Å². The second-order valence-corrected chi connectivity index (χ2v) is 6.08. The van der Waals surface area contributed by atoms with Gasteiger partial charge in [-0.1, -0.05) is 39.0 Å². The molecule has 0 spiro atoms. The van der Waals surface area contributed by atoms with Gasteiger partial charge in [-0.3, -0.25) is 4.79 Å². The molecular weight excluding hydrogens is 254 g/mol. The number of urea groups is 1. The van der Waals surface area contributed by atoms with E-state index in [1.54, 1.807) is 0 Å². The van der Waals surface area contributed by atoms with E-state index < -0.39 is 0 Å². The van der Waals surface area contributed by atoms with Gasteiger partial charge in [-0.2, -0.15) is 0 Å². The molecule has 20 heavy (non-hydrogen) atoms. The Kier molecular flexibility index (Phi) is 5.68. The lowest BCUT2D eigenvalue weighted by Gasteiger charge is -2.21. The van der Waals surface area contributed by atoms with Gasteiger partial charge in [0.25, 0.3) is 0 Å². The van der Waals surface area contributed by atoms with E-state index in [1.807, 2.05) is 6.92 Å². The topological polar surface area (TPSA) is 70.2 Å². The van der Waals surface area contributed by atoms with Crippen LogP contribution in [-0.4, -0.2) is 31.1 Å². The molecule has 114 valence electrons. The highest BCUT2D eigenvalue weighted by Crippen LogP contribution is 2.44. The summed E-state index contributed by atoms with van der Waals surface area (Å²) in [7, 11) is 0. The first-order valence-corrected chi connectivity index (χ1v) is 8.01. The van der Waals surface area contributed by atoms with Crippen molar-refractivity contribution in [2.24, 2.45) is 11.8 Å². The Labute approximate surface area is 121 Å². The van der Waals surface area contributed by atoms with Gasteiger partial charge in [0.05, 0.1) is 6.54 Å². The summed E-state index contributed by atoms with van der Waals surface area (Å²) in [6, 6.07) is 0.122. The zero-order valence-electron chi connectivity index (χ0n) is 12.4. The third kappa shape index (κ3) is 4.69. The van der Waals surface area contributed by atoms with Gasteiger partial charge < -0.3 is 16.0 Å². The molecule has 0 heterocycles. The molecule has 5 nitrogen and oxygen atoms in total. The van der Waals surface area contributed by atoms with Crippen molar-refractivity contribution in [2.45, 2.75) is 57.9 Å². The number of carbonyl (C=O) groups excluding carboxylic acids is 2. The molecule has 0 bridgehead atoms. The van der Waals surface area contributed by atoms with E-state index >= 15 is 0 Å². The maximum atomic E-state index is 11.7. The molecule has 0 aromatic carbocycles. The maximum Gasteiger partial charge on any atom is 0.315 e. The normalized spacial score (nSPS) is 25.9. The number of amides is 3. The summed E-state index contributed by atoms with van der Waals surface area (Å²) in [5, 5.41) is 8.34. The number of nitrogens with one attached hydrogen (secondary N) is 3. The number of rotatable bonds is 6. The fourth-order valence-electron chi connectivity index (χ4n) is 3.17. The van der Waals surface area contributed by atoms with Crippen molar-refractivity contribution in [3.8, 4) is 0 Å². The summed E-state index contributed by atoms with van der Waals surface area (Å²) < 4.78 is 0. The largest absolute Gasteiger partial charge is 0.355 e. The van der Waals surface area contributed by atoms with Crippen LogP contribution in [0.4, 0.5) is 4.79 Å². The molecule has 2 aliphatic rings.